The minimum absolute atomic E-state index is 0.175. The predicted octanol–water partition coefficient (Wildman–Crippen LogP) is 3.35. The van der Waals surface area contributed by atoms with Gasteiger partial charge in [-0.3, -0.25) is 0 Å². The SMILES string of the molecule is CC[C@@]1(C)C[C@H]2CCC(C)(C)C(O)=C2C(=O)O1. The van der Waals surface area contributed by atoms with Crippen molar-refractivity contribution in [3.8, 4) is 0 Å². The summed E-state index contributed by atoms with van der Waals surface area (Å²) in [6, 6.07) is 0. The van der Waals surface area contributed by atoms with Gasteiger partial charge in [0, 0.05) is 5.41 Å². The minimum Gasteiger partial charge on any atom is -0.511 e. The molecule has 0 spiro atoms. The van der Waals surface area contributed by atoms with Gasteiger partial charge < -0.3 is 9.84 Å². The van der Waals surface area contributed by atoms with Gasteiger partial charge in [0.15, 0.2) is 0 Å². The number of esters is 1. The number of fused-ring (bicyclic) bond motifs is 1. The highest BCUT2D eigenvalue weighted by Gasteiger charge is 2.46. The number of ether oxygens (including phenoxy) is 1. The molecule has 1 fully saturated rings. The molecule has 1 heterocycles. The van der Waals surface area contributed by atoms with Crippen LogP contribution in [0.25, 0.3) is 0 Å². The lowest BCUT2D eigenvalue weighted by Gasteiger charge is -2.43. The van der Waals surface area contributed by atoms with Crippen LogP contribution in [0, 0.1) is 11.3 Å². The van der Waals surface area contributed by atoms with Crippen LogP contribution in [0.15, 0.2) is 11.3 Å². The molecule has 1 aliphatic carbocycles. The first-order chi connectivity index (χ1) is 7.79. The Hall–Kier alpha value is -0.990. The van der Waals surface area contributed by atoms with Crippen LogP contribution < -0.4 is 0 Å². The van der Waals surface area contributed by atoms with E-state index in [1.54, 1.807) is 0 Å². The van der Waals surface area contributed by atoms with Crippen molar-refractivity contribution in [3.63, 3.8) is 0 Å². The Balaban J connectivity index is 2.38. The third-order valence-electron chi connectivity index (χ3n) is 4.41. The van der Waals surface area contributed by atoms with Crippen molar-refractivity contribution in [1.82, 2.24) is 0 Å². The van der Waals surface area contributed by atoms with E-state index < -0.39 is 0 Å². The first-order valence-corrected chi connectivity index (χ1v) is 6.46. The Labute approximate surface area is 103 Å². The summed E-state index contributed by atoms with van der Waals surface area (Å²) in [7, 11) is 0. The number of carbonyl (C=O) groups is 1. The summed E-state index contributed by atoms with van der Waals surface area (Å²) in [6.45, 7) is 7.98. The molecule has 0 aromatic carbocycles. The van der Waals surface area contributed by atoms with E-state index in [0.29, 0.717) is 5.57 Å². The molecule has 0 amide bonds. The molecular weight excluding hydrogens is 216 g/mol. The Morgan fingerprint density at radius 2 is 2.06 bits per heavy atom. The lowest BCUT2D eigenvalue weighted by Crippen LogP contribution is -2.44. The summed E-state index contributed by atoms with van der Waals surface area (Å²) >= 11 is 0. The lowest BCUT2D eigenvalue weighted by molar-refractivity contribution is -0.163. The zero-order valence-electron chi connectivity index (χ0n) is 11.2. The normalized spacial score (nSPS) is 36.5. The highest BCUT2D eigenvalue weighted by Crippen LogP contribution is 2.48. The second-order valence-electron chi connectivity index (χ2n) is 6.28. The first kappa shape index (κ1) is 12.5. The van der Waals surface area contributed by atoms with Crippen LogP contribution in [-0.4, -0.2) is 16.7 Å². The van der Waals surface area contributed by atoms with Crippen molar-refractivity contribution >= 4 is 5.97 Å². The van der Waals surface area contributed by atoms with E-state index in [2.05, 4.69) is 0 Å². The molecule has 0 unspecified atom stereocenters. The molecule has 2 aliphatic rings. The summed E-state index contributed by atoms with van der Waals surface area (Å²) in [5.74, 6) is 0.113. The van der Waals surface area contributed by atoms with Crippen LogP contribution in [0.4, 0.5) is 0 Å². The van der Waals surface area contributed by atoms with Gasteiger partial charge in [0.2, 0.25) is 0 Å². The largest absolute Gasteiger partial charge is 0.511 e. The molecule has 3 heteroatoms. The van der Waals surface area contributed by atoms with Crippen LogP contribution in [0.2, 0.25) is 0 Å². The zero-order valence-corrected chi connectivity index (χ0v) is 11.2. The summed E-state index contributed by atoms with van der Waals surface area (Å²) in [5.41, 5.74) is -0.107. The third-order valence-corrected chi connectivity index (χ3v) is 4.41. The predicted molar refractivity (Wildman–Crippen MR) is 65.6 cm³/mol. The van der Waals surface area contributed by atoms with Crippen molar-refractivity contribution in [1.29, 1.82) is 0 Å². The van der Waals surface area contributed by atoms with Gasteiger partial charge in [0.05, 0.1) is 5.57 Å². The van der Waals surface area contributed by atoms with Crippen molar-refractivity contribution in [2.45, 2.75) is 59.0 Å². The zero-order chi connectivity index (χ0) is 12.8. The molecule has 0 radical (unpaired) electrons. The average molecular weight is 238 g/mol. The highest BCUT2D eigenvalue weighted by molar-refractivity contribution is 5.91. The number of aliphatic hydroxyl groups excluding tert-OH is 1. The first-order valence-electron chi connectivity index (χ1n) is 6.46. The minimum atomic E-state index is -0.354. The van der Waals surface area contributed by atoms with Gasteiger partial charge in [-0.25, -0.2) is 4.79 Å². The van der Waals surface area contributed by atoms with Crippen molar-refractivity contribution in [3.05, 3.63) is 11.3 Å². The summed E-state index contributed by atoms with van der Waals surface area (Å²) in [4.78, 5) is 12.1. The van der Waals surface area contributed by atoms with Crippen LogP contribution in [-0.2, 0) is 9.53 Å². The number of aliphatic hydroxyl groups is 1. The van der Waals surface area contributed by atoms with Gasteiger partial charge in [-0.05, 0) is 38.5 Å². The molecule has 0 aromatic rings. The van der Waals surface area contributed by atoms with Crippen molar-refractivity contribution < 1.29 is 14.6 Å². The van der Waals surface area contributed by atoms with E-state index in [1.807, 2.05) is 27.7 Å². The van der Waals surface area contributed by atoms with E-state index in [9.17, 15) is 9.90 Å². The molecule has 1 aliphatic heterocycles. The number of cyclic esters (lactones) is 1. The summed E-state index contributed by atoms with van der Waals surface area (Å²) < 4.78 is 5.50. The standard InChI is InChI=1S/C14H22O3/c1-5-14(4)8-9-6-7-13(2,3)11(15)10(9)12(16)17-14/h9,15H,5-8H2,1-4H3/t9-,14+/m1/s1. The maximum absolute atomic E-state index is 12.1. The average Bonchev–Trinajstić information content (AvgIpc) is 2.24. The van der Waals surface area contributed by atoms with Crippen LogP contribution >= 0.6 is 0 Å². The summed E-state index contributed by atoms with van der Waals surface area (Å²) in [6.07, 6.45) is 3.56. The maximum atomic E-state index is 12.1. The molecule has 96 valence electrons. The monoisotopic (exact) mass is 238 g/mol. The fourth-order valence-corrected chi connectivity index (χ4v) is 2.88. The molecular formula is C14H22O3. The van der Waals surface area contributed by atoms with Gasteiger partial charge >= 0.3 is 5.97 Å². The van der Waals surface area contributed by atoms with Crippen molar-refractivity contribution in [2.75, 3.05) is 0 Å². The molecule has 0 saturated carbocycles. The molecule has 0 bridgehead atoms. The topological polar surface area (TPSA) is 46.5 Å². The Kier molecular flexibility index (Phi) is 2.75. The van der Waals surface area contributed by atoms with Crippen molar-refractivity contribution in [2.24, 2.45) is 11.3 Å². The molecule has 2 rings (SSSR count). The fraction of sp³-hybridized carbons (Fsp3) is 0.786. The smallest absolute Gasteiger partial charge is 0.338 e. The Morgan fingerprint density at radius 1 is 1.41 bits per heavy atom. The Bertz CT molecular complexity index is 381. The van der Waals surface area contributed by atoms with Gasteiger partial charge in [-0.15, -0.1) is 0 Å². The quantitative estimate of drug-likeness (QED) is 0.712. The van der Waals surface area contributed by atoms with Gasteiger partial charge in [0.1, 0.15) is 11.4 Å². The number of allylic oxidation sites excluding steroid dienone is 1. The van der Waals surface area contributed by atoms with Crippen LogP contribution in [0.1, 0.15) is 53.4 Å². The molecule has 1 N–H and O–H groups in total. The third kappa shape index (κ3) is 1.96. The molecule has 0 aromatic heterocycles. The molecule has 2 atom stereocenters. The van der Waals surface area contributed by atoms with Crippen LogP contribution in [0.3, 0.4) is 0 Å². The van der Waals surface area contributed by atoms with E-state index in [-0.39, 0.29) is 28.7 Å². The number of carbonyl (C=O) groups excluding carboxylic acids is 1. The lowest BCUT2D eigenvalue weighted by atomic mass is 9.68. The van der Waals surface area contributed by atoms with E-state index in [4.69, 9.17) is 4.74 Å². The maximum Gasteiger partial charge on any atom is 0.338 e. The molecule has 3 nitrogen and oxygen atoms in total. The van der Waals surface area contributed by atoms with E-state index >= 15 is 0 Å². The van der Waals surface area contributed by atoms with Gasteiger partial charge in [-0.2, -0.15) is 0 Å². The number of rotatable bonds is 1. The fourth-order valence-electron chi connectivity index (χ4n) is 2.88. The van der Waals surface area contributed by atoms with Gasteiger partial charge in [-0.1, -0.05) is 20.8 Å². The van der Waals surface area contributed by atoms with Gasteiger partial charge in [0.25, 0.3) is 0 Å². The number of hydrogen-bond acceptors (Lipinski definition) is 3. The summed E-state index contributed by atoms with van der Waals surface area (Å²) in [5, 5.41) is 10.2. The number of hydrogen-bond donors (Lipinski definition) is 1. The second-order valence-corrected chi connectivity index (χ2v) is 6.28. The molecule has 17 heavy (non-hydrogen) atoms. The highest BCUT2D eigenvalue weighted by atomic mass is 16.6. The van der Waals surface area contributed by atoms with E-state index in [0.717, 1.165) is 25.7 Å². The van der Waals surface area contributed by atoms with Crippen LogP contribution in [0.5, 0.6) is 0 Å². The second kappa shape index (κ2) is 3.76. The Morgan fingerprint density at radius 3 is 2.65 bits per heavy atom. The van der Waals surface area contributed by atoms with E-state index in [1.165, 1.54) is 0 Å². The molecule has 1 saturated heterocycles.